The second kappa shape index (κ2) is 8.26. The van der Waals surface area contributed by atoms with Gasteiger partial charge >= 0.3 is 0 Å². The normalized spacial score (nSPS) is 24.8. The number of nitrogens with one attached hydrogen (secondary N) is 1. The first-order valence-electron chi connectivity index (χ1n) is 10.8. The lowest BCUT2D eigenvalue weighted by molar-refractivity contribution is 0.0142. The van der Waals surface area contributed by atoms with Crippen molar-refractivity contribution in [3.05, 3.63) is 53.4 Å². The van der Waals surface area contributed by atoms with E-state index in [1.165, 1.54) is 17.4 Å². The highest BCUT2D eigenvalue weighted by Gasteiger charge is 2.46. The van der Waals surface area contributed by atoms with Gasteiger partial charge in [-0.05, 0) is 67.2 Å². The van der Waals surface area contributed by atoms with Gasteiger partial charge in [0.2, 0.25) is 0 Å². The van der Waals surface area contributed by atoms with Crippen LogP contribution in [0, 0.1) is 17.8 Å². The maximum absolute atomic E-state index is 13.3. The van der Waals surface area contributed by atoms with E-state index in [-0.39, 0.29) is 23.5 Å². The maximum atomic E-state index is 13.3. The molecular formula is C24H25NO5S2. The van der Waals surface area contributed by atoms with E-state index in [9.17, 15) is 22.9 Å². The summed E-state index contributed by atoms with van der Waals surface area (Å²) in [5, 5.41) is 15.3. The molecule has 0 spiro atoms. The Morgan fingerprint density at radius 1 is 1.12 bits per heavy atom. The number of amides is 1. The van der Waals surface area contributed by atoms with E-state index in [1.807, 2.05) is 17.5 Å². The van der Waals surface area contributed by atoms with Crippen LogP contribution in [0.3, 0.4) is 0 Å². The number of hydrogen-bond donors (Lipinski definition) is 3. The van der Waals surface area contributed by atoms with E-state index in [4.69, 9.17) is 0 Å². The van der Waals surface area contributed by atoms with Gasteiger partial charge in [-0.15, -0.1) is 11.3 Å². The molecule has 1 heterocycles. The molecule has 3 aliphatic carbocycles. The van der Waals surface area contributed by atoms with Crippen molar-refractivity contribution in [3.8, 4) is 11.1 Å². The summed E-state index contributed by atoms with van der Waals surface area (Å²) < 4.78 is 34.2. The van der Waals surface area contributed by atoms with Crippen LogP contribution in [0.1, 0.15) is 36.0 Å². The number of fused-ring (bicyclic) bond motifs is 3. The Bertz CT molecular complexity index is 1280. The van der Waals surface area contributed by atoms with E-state index >= 15 is 0 Å². The zero-order valence-electron chi connectivity index (χ0n) is 17.4. The molecule has 6 rings (SSSR count). The molecule has 2 bridgehead atoms. The van der Waals surface area contributed by atoms with E-state index < -0.39 is 10.1 Å². The van der Waals surface area contributed by atoms with E-state index in [0.717, 1.165) is 35.3 Å². The number of thiophene rings is 1. The standard InChI is InChI=1S/C24H25NO5S2/c26-8-7-16-9-14-10-17(11-14)23(16)25-24(27)20-13-31-21-6-5-15(12-19(20)21)18-3-1-2-4-22(18)32(28,29)30/h1-6,12-14,16-17,23,26H,7-11H2,(H,25,27)(H,28,29,30)/t14?,16-,17?,23-/m0/s1. The Labute approximate surface area is 191 Å². The molecule has 3 aliphatic rings. The zero-order chi connectivity index (χ0) is 22.5. The summed E-state index contributed by atoms with van der Waals surface area (Å²) >= 11 is 1.47. The first-order chi connectivity index (χ1) is 15.3. The van der Waals surface area contributed by atoms with Crippen LogP contribution in [-0.4, -0.2) is 36.6 Å². The van der Waals surface area contributed by atoms with Crippen LogP contribution in [0.2, 0.25) is 0 Å². The monoisotopic (exact) mass is 471 g/mol. The molecule has 3 fully saturated rings. The summed E-state index contributed by atoms with van der Waals surface area (Å²) in [6.07, 6.45) is 4.06. The Morgan fingerprint density at radius 2 is 1.91 bits per heavy atom. The van der Waals surface area contributed by atoms with Gasteiger partial charge in [-0.3, -0.25) is 9.35 Å². The van der Waals surface area contributed by atoms with Gasteiger partial charge in [0.15, 0.2) is 0 Å². The van der Waals surface area contributed by atoms with Crippen LogP contribution >= 0.6 is 11.3 Å². The molecule has 6 nitrogen and oxygen atoms in total. The van der Waals surface area contributed by atoms with Crippen LogP contribution in [0.5, 0.6) is 0 Å². The number of benzene rings is 2. The molecule has 2 aromatic carbocycles. The van der Waals surface area contributed by atoms with Crippen molar-refractivity contribution in [2.24, 2.45) is 17.8 Å². The summed E-state index contributed by atoms with van der Waals surface area (Å²) in [4.78, 5) is 13.1. The number of aliphatic hydroxyl groups is 1. The van der Waals surface area contributed by atoms with Crippen molar-refractivity contribution in [1.29, 1.82) is 0 Å². The number of rotatable bonds is 6. The van der Waals surface area contributed by atoms with Crippen molar-refractivity contribution in [2.75, 3.05) is 6.61 Å². The van der Waals surface area contributed by atoms with Crippen LogP contribution in [0.25, 0.3) is 21.2 Å². The van der Waals surface area contributed by atoms with E-state index in [0.29, 0.717) is 34.9 Å². The van der Waals surface area contributed by atoms with Gasteiger partial charge in [-0.2, -0.15) is 8.42 Å². The van der Waals surface area contributed by atoms with Gasteiger partial charge in [0.25, 0.3) is 16.0 Å². The highest BCUT2D eigenvalue weighted by Crippen LogP contribution is 2.49. The van der Waals surface area contributed by atoms with Crippen molar-refractivity contribution < 1.29 is 22.9 Å². The van der Waals surface area contributed by atoms with Gasteiger partial charge in [0, 0.05) is 33.7 Å². The van der Waals surface area contributed by atoms with E-state index in [2.05, 4.69) is 5.32 Å². The van der Waals surface area contributed by atoms with Crippen LogP contribution < -0.4 is 5.32 Å². The maximum Gasteiger partial charge on any atom is 0.295 e. The molecule has 2 atom stereocenters. The summed E-state index contributed by atoms with van der Waals surface area (Å²) in [7, 11) is -4.38. The van der Waals surface area contributed by atoms with Gasteiger partial charge in [-0.1, -0.05) is 24.3 Å². The zero-order valence-corrected chi connectivity index (χ0v) is 19.0. The summed E-state index contributed by atoms with van der Waals surface area (Å²) in [5.41, 5.74) is 1.58. The Kier molecular flexibility index (Phi) is 5.57. The molecule has 32 heavy (non-hydrogen) atoms. The molecule has 0 radical (unpaired) electrons. The molecule has 0 unspecified atom stereocenters. The average molecular weight is 472 g/mol. The minimum atomic E-state index is -4.38. The first-order valence-corrected chi connectivity index (χ1v) is 13.2. The fourth-order valence-corrected chi connectivity index (χ4v) is 7.10. The quantitative estimate of drug-likeness (QED) is 0.464. The highest BCUT2D eigenvalue weighted by atomic mass is 32.2. The highest BCUT2D eigenvalue weighted by molar-refractivity contribution is 7.86. The summed E-state index contributed by atoms with van der Waals surface area (Å²) in [5.74, 6) is 1.40. The molecular weight excluding hydrogens is 446 g/mol. The molecule has 168 valence electrons. The summed E-state index contributed by atoms with van der Waals surface area (Å²) in [6, 6.07) is 11.9. The predicted octanol–water partition coefficient (Wildman–Crippen LogP) is 4.34. The summed E-state index contributed by atoms with van der Waals surface area (Å²) in [6.45, 7) is 0.133. The lowest BCUT2D eigenvalue weighted by atomic mass is 9.58. The van der Waals surface area contributed by atoms with Crippen molar-refractivity contribution in [1.82, 2.24) is 5.32 Å². The van der Waals surface area contributed by atoms with Crippen molar-refractivity contribution in [3.63, 3.8) is 0 Å². The number of hydrogen-bond acceptors (Lipinski definition) is 5. The molecule has 1 aromatic heterocycles. The van der Waals surface area contributed by atoms with Gasteiger partial charge in [-0.25, -0.2) is 0 Å². The number of carbonyl (C=O) groups excluding carboxylic acids is 1. The Balaban J connectivity index is 1.48. The second-order valence-electron chi connectivity index (χ2n) is 8.94. The Hall–Kier alpha value is -2.26. The third kappa shape index (κ3) is 3.85. The lowest BCUT2D eigenvalue weighted by Crippen LogP contribution is -2.54. The predicted molar refractivity (Wildman–Crippen MR) is 124 cm³/mol. The molecule has 0 aliphatic heterocycles. The SMILES string of the molecule is O=C(N[C@@H]1C2CC(C2)C[C@@H]1CCO)c1csc2ccc(-c3ccccc3S(=O)(=O)O)cc12. The molecule has 3 saturated carbocycles. The molecule has 8 heteroatoms. The molecule has 3 aromatic rings. The largest absolute Gasteiger partial charge is 0.396 e. The molecule has 3 N–H and O–H groups in total. The smallest absolute Gasteiger partial charge is 0.295 e. The third-order valence-electron chi connectivity index (χ3n) is 7.02. The average Bonchev–Trinajstić information content (AvgIpc) is 3.17. The van der Waals surface area contributed by atoms with Crippen molar-refractivity contribution >= 4 is 37.4 Å². The van der Waals surface area contributed by atoms with Gasteiger partial charge < -0.3 is 10.4 Å². The van der Waals surface area contributed by atoms with Gasteiger partial charge in [0.1, 0.15) is 4.90 Å². The van der Waals surface area contributed by atoms with E-state index in [1.54, 1.807) is 24.3 Å². The fourth-order valence-electron chi connectivity index (χ4n) is 5.46. The van der Waals surface area contributed by atoms with Crippen LogP contribution in [0.15, 0.2) is 52.7 Å². The first kappa shape index (κ1) is 21.6. The third-order valence-corrected chi connectivity index (χ3v) is 8.89. The fraction of sp³-hybridized carbons (Fsp3) is 0.375. The topological polar surface area (TPSA) is 104 Å². The lowest BCUT2D eigenvalue weighted by Gasteiger charge is -2.51. The number of aliphatic hydroxyl groups excluding tert-OH is 1. The van der Waals surface area contributed by atoms with Gasteiger partial charge in [0.05, 0.1) is 5.56 Å². The molecule has 0 saturated heterocycles. The van der Waals surface area contributed by atoms with Crippen LogP contribution in [-0.2, 0) is 10.1 Å². The molecule has 1 amide bonds. The number of carbonyl (C=O) groups is 1. The Morgan fingerprint density at radius 3 is 2.66 bits per heavy atom. The van der Waals surface area contributed by atoms with Crippen molar-refractivity contribution in [2.45, 2.75) is 36.6 Å². The van der Waals surface area contributed by atoms with Crippen LogP contribution in [0.4, 0.5) is 0 Å². The minimum absolute atomic E-state index is 0.0815. The second-order valence-corrected chi connectivity index (χ2v) is 11.2. The minimum Gasteiger partial charge on any atom is -0.396 e.